The molecule has 0 rings (SSSR count). The molecule has 1 unspecified atom stereocenters. The minimum absolute atomic E-state index is 0.0447. The van der Waals surface area contributed by atoms with Gasteiger partial charge in [-0.1, -0.05) is 13.8 Å². The summed E-state index contributed by atoms with van der Waals surface area (Å²) < 4.78 is 0. The lowest BCUT2D eigenvalue weighted by Gasteiger charge is -2.31. The summed E-state index contributed by atoms with van der Waals surface area (Å²) in [5.41, 5.74) is 0. The van der Waals surface area contributed by atoms with Crippen molar-refractivity contribution in [2.24, 2.45) is 0 Å². The molecule has 0 aromatic rings. The standard InChI is InChI=1S/C12H24N2O5/c1-3-9(4-2)14(6-8-16)12(19)13-10(5-7-15)11(17)18/h9-10,15-16H,3-8H2,1-2H3,(H,13,19)(H,17,18). The molecule has 2 amide bonds. The van der Waals surface area contributed by atoms with Gasteiger partial charge in [0.05, 0.1) is 6.61 Å². The van der Waals surface area contributed by atoms with Crippen molar-refractivity contribution in [3.8, 4) is 0 Å². The summed E-state index contributed by atoms with van der Waals surface area (Å²) in [5.74, 6) is -1.18. The van der Waals surface area contributed by atoms with E-state index in [4.69, 9.17) is 15.3 Å². The van der Waals surface area contributed by atoms with Gasteiger partial charge in [-0.25, -0.2) is 9.59 Å². The Balaban J connectivity index is 4.74. The van der Waals surface area contributed by atoms with Crippen molar-refractivity contribution < 1.29 is 24.9 Å². The van der Waals surface area contributed by atoms with E-state index in [-0.39, 0.29) is 32.2 Å². The Kier molecular flexibility index (Phi) is 8.90. The van der Waals surface area contributed by atoms with Gasteiger partial charge in [-0.2, -0.15) is 0 Å². The van der Waals surface area contributed by atoms with Crippen LogP contribution in [-0.4, -0.2) is 64.1 Å². The zero-order valence-electron chi connectivity index (χ0n) is 11.5. The number of nitrogens with zero attached hydrogens (tertiary/aromatic N) is 1. The number of rotatable bonds is 9. The van der Waals surface area contributed by atoms with Crippen molar-refractivity contribution in [1.29, 1.82) is 0 Å². The van der Waals surface area contributed by atoms with Gasteiger partial charge in [0, 0.05) is 25.6 Å². The Labute approximate surface area is 113 Å². The highest BCUT2D eigenvalue weighted by Crippen LogP contribution is 2.09. The molecule has 0 saturated carbocycles. The van der Waals surface area contributed by atoms with Crippen LogP contribution in [0.15, 0.2) is 0 Å². The number of carboxylic acids is 1. The van der Waals surface area contributed by atoms with Crippen LogP contribution in [-0.2, 0) is 4.79 Å². The molecule has 0 saturated heterocycles. The maximum Gasteiger partial charge on any atom is 0.326 e. The van der Waals surface area contributed by atoms with Gasteiger partial charge in [-0.3, -0.25) is 0 Å². The molecule has 0 heterocycles. The molecule has 7 heteroatoms. The third-order valence-electron chi connectivity index (χ3n) is 3.00. The van der Waals surface area contributed by atoms with Crippen LogP contribution >= 0.6 is 0 Å². The molecule has 0 radical (unpaired) electrons. The predicted molar refractivity (Wildman–Crippen MR) is 69.8 cm³/mol. The van der Waals surface area contributed by atoms with E-state index < -0.39 is 18.0 Å². The van der Waals surface area contributed by atoms with Gasteiger partial charge < -0.3 is 25.5 Å². The molecule has 0 spiro atoms. The van der Waals surface area contributed by atoms with Crippen LogP contribution in [0.5, 0.6) is 0 Å². The molecule has 4 N–H and O–H groups in total. The lowest BCUT2D eigenvalue weighted by molar-refractivity contribution is -0.139. The SMILES string of the molecule is CCC(CC)N(CCO)C(=O)NC(CCO)C(=O)O. The fraction of sp³-hybridized carbons (Fsp3) is 0.833. The van der Waals surface area contributed by atoms with E-state index >= 15 is 0 Å². The topological polar surface area (TPSA) is 110 Å². The lowest BCUT2D eigenvalue weighted by atomic mass is 10.1. The number of nitrogens with one attached hydrogen (secondary N) is 1. The maximum atomic E-state index is 12.0. The fourth-order valence-corrected chi connectivity index (χ4v) is 1.91. The molecule has 1 atom stereocenters. The van der Waals surface area contributed by atoms with Gasteiger partial charge >= 0.3 is 12.0 Å². The average Bonchev–Trinajstić information content (AvgIpc) is 2.38. The lowest BCUT2D eigenvalue weighted by Crippen LogP contribution is -2.52. The van der Waals surface area contributed by atoms with Crippen LogP contribution in [0.1, 0.15) is 33.1 Å². The Morgan fingerprint density at radius 1 is 1.16 bits per heavy atom. The van der Waals surface area contributed by atoms with Gasteiger partial charge in [0.1, 0.15) is 6.04 Å². The second kappa shape index (κ2) is 9.57. The first kappa shape index (κ1) is 17.7. The number of hydrogen-bond donors (Lipinski definition) is 4. The fourth-order valence-electron chi connectivity index (χ4n) is 1.91. The normalized spacial score (nSPS) is 12.3. The molecule has 7 nitrogen and oxygen atoms in total. The zero-order valence-corrected chi connectivity index (χ0v) is 11.5. The van der Waals surface area contributed by atoms with E-state index in [1.165, 1.54) is 4.90 Å². The number of aliphatic hydroxyl groups excluding tert-OH is 2. The number of carbonyl (C=O) groups is 2. The van der Waals surface area contributed by atoms with Gasteiger partial charge in [0.2, 0.25) is 0 Å². The van der Waals surface area contributed by atoms with Crippen LogP contribution in [0.4, 0.5) is 4.79 Å². The number of aliphatic hydroxyl groups is 2. The van der Waals surface area contributed by atoms with E-state index in [1.54, 1.807) is 0 Å². The number of aliphatic carboxylic acids is 1. The molecule has 112 valence electrons. The van der Waals surface area contributed by atoms with Crippen molar-refractivity contribution in [2.75, 3.05) is 19.8 Å². The first-order chi connectivity index (χ1) is 9.01. The summed E-state index contributed by atoms with van der Waals surface area (Å²) in [6.45, 7) is 3.51. The minimum atomic E-state index is -1.18. The number of carbonyl (C=O) groups excluding carboxylic acids is 1. The predicted octanol–water partition coefficient (Wildman–Crippen LogP) is 0.0145. The van der Waals surface area contributed by atoms with Gasteiger partial charge in [-0.15, -0.1) is 0 Å². The largest absolute Gasteiger partial charge is 0.480 e. The third kappa shape index (κ3) is 5.89. The quantitative estimate of drug-likeness (QED) is 0.474. The number of urea groups is 1. The van der Waals surface area contributed by atoms with Crippen molar-refractivity contribution in [1.82, 2.24) is 10.2 Å². The minimum Gasteiger partial charge on any atom is -0.480 e. The van der Waals surface area contributed by atoms with Gasteiger partial charge in [0.15, 0.2) is 0 Å². The first-order valence-corrected chi connectivity index (χ1v) is 6.53. The van der Waals surface area contributed by atoms with Crippen LogP contribution in [0.25, 0.3) is 0 Å². The molecule has 0 aliphatic heterocycles. The van der Waals surface area contributed by atoms with Crippen LogP contribution < -0.4 is 5.32 Å². The second-order valence-electron chi connectivity index (χ2n) is 4.24. The highest BCUT2D eigenvalue weighted by molar-refractivity contribution is 5.82. The molecule has 0 aromatic carbocycles. The van der Waals surface area contributed by atoms with E-state index in [2.05, 4.69) is 5.32 Å². The highest BCUT2D eigenvalue weighted by atomic mass is 16.4. The average molecular weight is 276 g/mol. The Morgan fingerprint density at radius 2 is 1.74 bits per heavy atom. The summed E-state index contributed by atoms with van der Waals surface area (Å²) in [6.07, 6.45) is 1.40. The van der Waals surface area contributed by atoms with E-state index in [0.29, 0.717) is 0 Å². The maximum absolute atomic E-state index is 12.0. The van der Waals surface area contributed by atoms with Crippen molar-refractivity contribution >= 4 is 12.0 Å². The smallest absolute Gasteiger partial charge is 0.326 e. The molecule has 19 heavy (non-hydrogen) atoms. The zero-order chi connectivity index (χ0) is 14.8. The van der Waals surface area contributed by atoms with Crippen LogP contribution in [0.2, 0.25) is 0 Å². The van der Waals surface area contributed by atoms with Gasteiger partial charge in [-0.05, 0) is 12.8 Å². The Morgan fingerprint density at radius 3 is 2.11 bits per heavy atom. The Bertz CT molecular complexity index is 281. The van der Waals surface area contributed by atoms with E-state index in [0.717, 1.165) is 12.8 Å². The molecular formula is C12H24N2O5. The first-order valence-electron chi connectivity index (χ1n) is 6.53. The summed E-state index contributed by atoms with van der Waals surface area (Å²) in [4.78, 5) is 24.4. The molecule has 0 bridgehead atoms. The molecule has 0 aromatic heterocycles. The monoisotopic (exact) mass is 276 g/mol. The molecule has 0 fully saturated rings. The highest BCUT2D eigenvalue weighted by Gasteiger charge is 2.25. The van der Waals surface area contributed by atoms with E-state index in [9.17, 15) is 9.59 Å². The Hall–Kier alpha value is -1.34. The third-order valence-corrected chi connectivity index (χ3v) is 3.00. The number of hydrogen-bond acceptors (Lipinski definition) is 4. The molecular weight excluding hydrogens is 252 g/mol. The summed E-state index contributed by atoms with van der Waals surface area (Å²) in [6, 6.07) is -1.69. The summed E-state index contributed by atoms with van der Waals surface area (Å²) >= 11 is 0. The van der Waals surface area contributed by atoms with Crippen molar-refractivity contribution in [2.45, 2.75) is 45.2 Å². The van der Waals surface area contributed by atoms with Crippen molar-refractivity contribution in [3.63, 3.8) is 0 Å². The van der Waals surface area contributed by atoms with Crippen LogP contribution in [0.3, 0.4) is 0 Å². The van der Waals surface area contributed by atoms with E-state index in [1.807, 2.05) is 13.8 Å². The van der Waals surface area contributed by atoms with Gasteiger partial charge in [0.25, 0.3) is 0 Å². The molecule has 0 aliphatic carbocycles. The van der Waals surface area contributed by atoms with Crippen LogP contribution in [0, 0.1) is 0 Å². The van der Waals surface area contributed by atoms with Crippen molar-refractivity contribution in [3.05, 3.63) is 0 Å². The summed E-state index contributed by atoms with van der Waals surface area (Å²) in [5, 5.41) is 29.1. The number of carboxylic acid groups (broad SMARTS) is 1. The molecule has 0 aliphatic rings. The summed E-state index contributed by atoms with van der Waals surface area (Å²) in [7, 11) is 0. The second-order valence-corrected chi connectivity index (χ2v) is 4.24. The number of amides is 2.